The van der Waals surface area contributed by atoms with Gasteiger partial charge in [-0.2, -0.15) is 0 Å². The van der Waals surface area contributed by atoms with Gasteiger partial charge in [-0.3, -0.25) is 9.59 Å². The summed E-state index contributed by atoms with van der Waals surface area (Å²) in [4.78, 5) is 31.4. The number of anilines is 2. The van der Waals surface area contributed by atoms with Crippen LogP contribution in [0.25, 0.3) is 28.6 Å². The van der Waals surface area contributed by atoms with E-state index >= 15 is 0 Å². The highest BCUT2D eigenvalue weighted by Gasteiger charge is 2.22. The first-order valence-corrected chi connectivity index (χ1v) is 14.6. The Labute approximate surface area is 253 Å². The molecule has 0 aliphatic rings. The highest BCUT2D eigenvalue weighted by molar-refractivity contribution is 8.00. The van der Waals surface area contributed by atoms with Crippen LogP contribution in [0.2, 0.25) is 0 Å². The second-order valence-corrected chi connectivity index (χ2v) is 10.9. The number of nitrogens with one attached hydrogen (secondary N) is 2. The van der Waals surface area contributed by atoms with Crippen LogP contribution in [0.5, 0.6) is 0 Å². The summed E-state index contributed by atoms with van der Waals surface area (Å²) >= 11 is 1.44. The van der Waals surface area contributed by atoms with E-state index in [9.17, 15) is 9.59 Å². The highest BCUT2D eigenvalue weighted by Crippen LogP contribution is 2.37. The average molecular weight is 582 g/mol. The van der Waals surface area contributed by atoms with Gasteiger partial charge in [0.05, 0.1) is 0 Å². The Bertz CT molecular complexity index is 1830. The lowest BCUT2D eigenvalue weighted by Gasteiger charge is -2.17. The van der Waals surface area contributed by atoms with Gasteiger partial charge in [0.1, 0.15) is 10.8 Å². The lowest BCUT2D eigenvalue weighted by Crippen LogP contribution is -2.19. The molecule has 43 heavy (non-hydrogen) atoms. The molecule has 0 bridgehead atoms. The zero-order valence-electron chi connectivity index (χ0n) is 23.0. The third kappa shape index (κ3) is 7.09. The quantitative estimate of drug-likeness (QED) is 0.132. The molecule has 0 aliphatic heterocycles. The highest BCUT2D eigenvalue weighted by atomic mass is 32.2. The molecule has 2 amide bonds. The van der Waals surface area contributed by atoms with E-state index in [1.807, 2.05) is 133 Å². The van der Waals surface area contributed by atoms with Crippen LogP contribution < -0.4 is 10.6 Å². The number of thioether (sulfide) groups is 1. The van der Waals surface area contributed by atoms with Crippen LogP contribution in [0.3, 0.4) is 0 Å². The monoisotopic (exact) mass is 581 g/mol. The summed E-state index contributed by atoms with van der Waals surface area (Å²) in [5.74, 6) is 0.172. The zero-order valence-corrected chi connectivity index (χ0v) is 23.8. The number of para-hydroxylation sites is 2. The summed E-state index contributed by atoms with van der Waals surface area (Å²) in [6, 6.07) is 41.9. The minimum absolute atomic E-state index is 0.144. The van der Waals surface area contributed by atoms with Crippen molar-refractivity contribution in [1.29, 1.82) is 0 Å². The van der Waals surface area contributed by atoms with E-state index in [1.165, 1.54) is 17.8 Å². The maximum Gasteiger partial charge on any atom is 0.248 e. The molecule has 5 aromatic carbocycles. The molecule has 1 aromatic heterocycles. The Kier molecular flexibility index (Phi) is 8.43. The summed E-state index contributed by atoms with van der Waals surface area (Å²) in [6.07, 6.45) is 3.28. The Morgan fingerprint density at radius 3 is 2.05 bits per heavy atom. The number of carbonyl (C=O) groups excluding carboxylic acids is 2. The predicted octanol–water partition coefficient (Wildman–Crippen LogP) is 8.62. The first-order valence-electron chi connectivity index (χ1n) is 13.7. The number of nitrogens with zero attached hydrogens (tertiary/aromatic N) is 1. The largest absolute Gasteiger partial charge is 0.436 e. The molecule has 0 spiro atoms. The number of oxazole rings is 1. The molecule has 210 valence electrons. The maximum atomic E-state index is 13.6. The van der Waals surface area contributed by atoms with Crippen molar-refractivity contribution in [1.82, 2.24) is 4.98 Å². The van der Waals surface area contributed by atoms with Crippen LogP contribution in [0.1, 0.15) is 16.4 Å². The first kappa shape index (κ1) is 27.8. The fourth-order valence-corrected chi connectivity index (χ4v) is 5.50. The van der Waals surface area contributed by atoms with Gasteiger partial charge >= 0.3 is 0 Å². The van der Waals surface area contributed by atoms with Gasteiger partial charge in [0, 0.05) is 27.9 Å². The zero-order chi connectivity index (χ0) is 29.4. The van der Waals surface area contributed by atoms with E-state index in [4.69, 9.17) is 4.42 Å². The van der Waals surface area contributed by atoms with Gasteiger partial charge < -0.3 is 15.1 Å². The molecule has 0 fully saturated rings. The van der Waals surface area contributed by atoms with E-state index in [0.29, 0.717) is 17.3 Å². The fraction of sp³-hybridized carbons (Fsp3) is 0.0278. The molecule has 0 radical (unpaired) electrons. The number of amides is 2. The van der Waals surface area contributed by atoms with Gasteiger partial charge in [0.2, 0.25) is 17.7 Å². The van der Waals surface area contributed by atoms with Crippen molar-refractivity contribution in [2.24, 2.45) is 0 Å². The standard InChI is InChI=1S/C36H27N3O3S/c40-33(24-15-25-9-3-1-4-10-25)37-28-20-22-30(23-21-28)43-34(26-11-5-2-6-12-26)35(41)38-29-18-16-27(17-19-29)36-39-31-13-7-8-14-32(31)42-36/h1-24,34H,(H,37,40)(H,38,41)/b24-15+. The van der Waals surface area contributed by atoms with Gasteiger partial charge in [0.15, 0.2) is 5.58 Å². The third-order valence-electron chi connectivity index (χ3n) is 6.64. The molecule has 0 aliphatic carbocycles. The maximum absolute atomic E-state index is 13.6. The summed E-state index contributed by atoms with van der Waals surface area (Å²) in [7, 11) is 0. The van der Waals surface area contributed by atoms with Crippen LogP contribution in [0, 0.1) is 0 Å². The number of hydrogen-bond donors (Lipinski definition) is 2. The number of carbonyl (C=O) groups is 2. The van der Waals surface area contributed by atoms with Crippen molar-refractivity contribution in [2.45, 2.75) is 10.1 Å². The third-order valence-corrected chi connectivity index (χ3v) is 7.90. The second-order valence-electron chi connectivity index (χ2n) is 9.72. The number of fused-ring (bicyclic) bond motifs is 1. The van der Waals surface area contributed by atoms with Gasteiger partial charge in [-0.25, -0.2) is 4.98 Å². The Morgan fingerprint density at radius 2 is 1.33 bits per heavy atom. The van der Waals surface area contributed by atoms with Gasteiger partial charge in [-0.15, -0.1) is 11.8 Å². The van der Waals surface area contributed by atoms with Crippen LogP contribution >= 0.6 is 11.8 Å². The van der Waals surface area contributed by atoms with Crippen LogP contribution in [0.15, 0.2) is 149 Å². The summed E-state index contributed by atoms with van der Waals surface area (Å²) < 4.78 is 5.87. The van der Waals surface area contributed by atoms with E-state index < -0.39 is 5.25 Å². The molecule has 7 heteroatoms. The molecule has 2 N–H and O–H groups in total. The smallest absolute Gasteiger partial charge is 0.248 e. The summed E-state index contributed by atoms with van der Waals surface area (Å²) in [5, 5.41) is 5.44. The normalized spacial score (nSPS) is 11.8. The minimum Gasteiger partial charge on any atom is -0.436 e. The Morgan fingerprint density at radius 1 is 0.698 bits per heavy atom. The number of hydrogen-bond acceptors (Lipinski definition) is 5. The van der Waals surface area contributed by atoms with Gasteiger partial charge in [-0.05, 0) is 77.9 Å². The molecular formula is C36H27N3O3S. The van der Waals surface area contributed by atoms with Crippen molar-refractivity contribution in [2.75, 3.05) is 10.6 Å². The van der Waals surface area contributed by atoms with Crippen LogP contribution in [-0.2, 0) is 9.59 Å². The summed E-state index contributed by atoms with van der Waals surface area (Å²) in [6.45, 7) is 0. The van der Waals surface area contributed by atoms with E-state index in [2.05, 4.69) is 15.6 Å². The molecule has 1 atom stereocenters. The molecule has 1 heterocycles. The topological polar surface area (TPSA) is 84.2 Å². The van der Waals surface area contributed by atoms with Gasteiger partial charge in [-0.1, -0.05) is 72.8 Å². The average Bonchev–Trinajstić information content (AvgIpc) is 3.49. The van der Waals surface area contributed by atoms with Crippen LogP contribution in [-0.4, -0.2) is 16.8 Å². The van der Waals surface area contributed by atoms with Crippen molar-refractivity contribution in [3.63, 3.8) is 0 Å². The predicted molar refractivity (Wildman–Crippen MR) is 174 cm³/mol. The molecule has 0 saturated heterocycles. The van der Waals surface area contributed by atoms with Crippen LogP contribution in [0.4, 0.5) is 11.4 Å². The molecular weight excluding hydrogens is 554 g/mol. The Balaban J connectivity index is 1.12. The lowest BCUT2D eigenvalue weighted by molar-refractivity contribution is -0.116. The fourth-order valence-electron chi connectivity index (χ4n) is 4.47. The van der Waals surface area contributed by atoms with Crippen molar-refractivity contribution in [3.8, 4) is 11.5 Å². The van der Waals surface area contributed by atoms with E-state index in [-0.39, 0.29) is 11.8 Å². The van der Waals surface area contributed by atoms with Crippen molar-refractivity contribution in [3.05, 3.63) is 151 Å². The molecule has 1 unspecified atom stereocenters. The Hall–Kier alpha value is -5.40. The molecule has 6 aromatic rings. The molecule has 0 saturated carbocycles. The van der Waals surface area contributed by atoms with Gasteiger partial charge in [0.25, 0.3) is 0 Å². The number of aromatic nitrogens is 1. The molecule has 6 nitrogen and oxygen atoms in total. The van der Waals surface area contributed by atoms with E-state index in [0.717, 1.165) is 32.7 Å². The SMILES string of the molecule is O=C(/C=C/c1ccccc1)Nc1ccc(SC(C(=O)Nc2ccc(-c3nc4ccccc4o3)cc2)c2ccccc2)cc1. The summed E-state index contributed by atoms with van der Waals surface area (Å²) in [5.41, 5.74) is 5.54. The van der Waals surface area contributed by atoms with Crippen molar-refractivity contribution < 1.29 is 14.0 Å². The minimum atomic E-state index is -0.493. The number of rotatable bonds is 9. The molecule has 6 rings (SSSR count). The second kappa shape index (κ2) is 13.1. The lowest BCUT2D eigenvalue weighted by atomic mass is 10.1. The van der Waals surface area contributed by atoms with Crippen molar-refractivity contribution >= 4 is 52.1 Å². The van der Waals surface area contributed by atoms with E-state index in [1.54, 1.807) is 6.08 Å². The first-order chi connectivity index (χ1) is 21.1. The number of benzene rings is 5.